The van der Waals surface area contributed by atoms with Gasteiger partial charge in [0.05, 0.1) is 11.1 Å². The highest BCUT2D eigenvalue weighted by molar-refractivity contribution is 6.30. The highest BCUT2D eigenvalue weighted by Gasteiger charge is 2.25. The smallest absolute Gasteiger partial charge is 0.317 e. The number of nitrogens with zero attached hydrogens (tertiary/aromatic N) is 1. The molecule has 0 saturated heterocycles. The van der Waals surface area contributed by atoms with Gasteiger partial charge in [0, 0.05) is 26.1 Å². The number of aliphatic hydroxyl groups excluding tert-OH is 1. The lowest BCUT2D eigenvalue weighted by Gasteiger charge is -2.31. The van der Waals surface area contributed by atoms with Gasteiger partial charge in [-0.05, 0) is 30.5 Å². The quantitative estimate of drug-likeness (QED) is 0.892. The van der Waals surface area contributed by atoms with Gasteiger partial charge < -0.3 is 15.3 Å². The molecule has 22 heavy (non-hydrogen) atoms. The molecule has 1 aromatic carbocycles. The van der Waals surface area contributed by atoms with Crippen molar-refractivity contribution < 1.29 is 14.3 Å². The Kier molecular flexibility index (Phi) is 6.03. The molecule has 2 unspecified atom stereocenters. The first-order valence-corrected chi connectivity index (χ1v) is 7.96. The number of carbonyl (C=O) groups is 1. The number of hydrogen-bond donors (Lipinski definition) is 2. The van der Waals surface area contributed by atoms with Crippen LogP contribution in [0.5, 0.6) is 0 Å². The van der Waals surface area contributed by atoms with E-state index < -0.39 is 5.82 Å². The second kappa shape index (κ2) is 7.79. The lowest BCUT2D eigenvalue weighted by molar-refractivity contribution is 0.0565. The molecule has 2 amide bonds. The largest absolute Gasteiger partial charge is 0.393 e. The fourth-order valence-electron chi connectivity index (χ4n) is 2.80. The number of nitrogens with one attached hydrogen (secondary N) is 1. The zero-order chi connectivity index (χ0) is 16.1. The van der Waals surface area contributed by atoms with E-state index in [4.69, 9.17) is 11.6 Å². The molecule has 1 aliphatic rings. The number of amides is 2. The van der Waals surface area contributed by atoms with Gasteiger partial charge in [0.25, 0.3) is 0 Å². The second-order valence-corrected chi connectivity index (χ2v) is 6.31. The van der Waals surface area contributed by atoms with Crippen molar-refractivity contribution in [1.29, 1.82) is 0 Å². The molecule has 2 atom stereocenters. The molecule has 6 heteroatoms. The monoisotopic (exact) mass is 328 g/mol. The average molecular weight is 329 g/mol. The van der Waals surface area contributed by atoms with Gasteiger partial charge in [-0.1, -0.05) is 30.5 Å². The van der Waals surface area contributed by atoms with Gasteiger partial charge in [0.15, 0.2) is 0 Å². The van der Waals surface area contributed by atoms with Crippen molar-refractivity contribution in [2.24, 2.45) is 5.92 Å². The van der Waals surface area contributed by atoms with E-state index >= 15 is 0 Å². The number of halogens is 2. The third-order valence-electron chi connectivity index (χ3n) is 4.15. The Morgan fingerprint density at radius 2 is 2.18 bits per heavy atom. The van der Waals surface area contributed by atoms with Crippen LogP contribution in [-0.4, -0.2) is 35.7 Å². The zero-order valence-corrected chi connectivity index (χ0v) is 13.4. The Morgan fingerprint density at radius 3 is 2.86 bits per heavy atom. The van der Waals surface area contributed by atoms with Gasteiger partial charge in [0.2, 0.25) is 0 Å². The molecule has 0 aromatic heterocycles. The molecule has 0 bridgehead atoms. The summed E-state index contributed by atoms with van der Waals surface area (Å²) in [6.07, 6.45) is 3.60. The van der Waals surface area contributed by atoms with E-state index in [1.807, 2.05) is 0 Å². The molecule has 0 radical (unpaired) electrons. The Morgan fingerprint density at radius 1 is 1.45 bits per heavy atom. The molecule has 122 valence electrons. The maximum Gasteiger partial charge on any atom is 0.317 e. The number of hydrogen-bond acceptors (Lipinski definition) is 2. The van der Waals surface area contributed by atoms with Gasteiger partial charge in [0.1, 0.15) is 5.82 Å². The summed E-state index contributed by atoms with van der Waals surface area (Å²) in [5.74, 6) is -0.329. The van der Waals surface area contributed by atoms with E-state index in [0.29, 0.717) is 6.54 Å². The summed E-state index contributed by atoms with van der Waals surface area (Å²) in [5.41, 5.74) is 0.742. The van der Waals surface area contributed by atoms with Crippen LogP contribution < -0.4 is 5.32 Å². The highest BCUT2D eigenvalue weighted by Crippen LogP contribution is 2.24. The van der Waals surface area contributed by atoms with Crippen molar-refractivity contribution in [3.05, 3.63) is 34.6 Å². The van der Waals surface area contributed by atoms with E-state index in [-0.39, 0.29) is 29.6 Å². The summed E-state index contributed by atoms with van der Waals surface area (Å²) < 4.78 is 13.1. The molecule has 1 saturated carbocycles. The summed E-state index contributed by atoms with van der Waals surface area (Å²) in [7, 11) is 1.72. The predicted molar refractivity (Wildman–Crippen MR) is 84.2 cm³/mol. The summed E-state index contributed by atoms with van der Waals surface area (Å²) >= 11 is 5.71. The first-order chi connectivity index (χ1) is 10.5. The molecule has 1 aliphatic carbocycles. The van der Waals surface area contributed by atoms with Crippen molar-refractivity contribution in [3.8, 4) is 0 Å². The maximum atomic E-state index is 13.1. The lowest BCUT2D eigenvalue weighted by atomic mass is 9.86. The van der Waals surface area contributed by atoms with Crippen LogP contribution in [0.3, 0.4) is 0 Å². The number of aliphatic hydroxyl groups is 1. The molecule has 0 aliphatic heterocycles. The minimum atomic E-state index is -0.472. The van der Waals surface area contributed by atoms with Gasteiger partial charge >= 0.3 is 6.03 Å². The third kappa shape index (κ3) is 4.58. The van der Waals surface area contributed by atoms with Crippen LogP contribution in [0.4, 0.5) is 9.18 Å². The summed E-state index contributed by atoms with van der Waals surface area (Å²) in [6, 6.07) is 4.17. The van der Waals surface area contributed by atoms with Crippen molar-refractivity contribution in [3.63, 3.8) is 0 Å². The summed E-state index contributed by atoms with van der Waals surface area (Å²) in [5, 5.41) is 12.8. The fourth-order valence-corrected chi connectivity index (χ4v) is 3.00. The second-order valence-electron chi connectivity index (χ2n) is 5.90. The minimum absolute atomic E-state index is 0.0467. The van der Waals surface area contributed by atoms with Gasteiger partial charge in [-0.3, -0.25) is 0 Å². The third-order valence-corrected chi connectivity index (χ3v) is 4.44. The van der Waals surface area contributed by atoms with Crippen LogP contribution in [0.2, 0.25) is 5.02 Å². The van der Waals surface area contributed by atoms with E-state index in [0.717, 1.165) is 31.2 Å². The molecule has 1 aromatic rings. The maximum absolute atomic E-state index is 13.1. The number of carbonyl (C=O) groups excluding carboxylic acids is 1. The van der Waals surface area contributed by atoms with Crippen molar-refractivity contribution in [2.75, 3.05) is 13.6 Å². The van der Waals surface area contributed by atoms with Crippen LogP contribution in [-0.2, 0) is 6.54 Å². The van der Waals surface area contributed by atoms with E-state index in [9.17, 15) is 14.3 Å². The average Bonchev–Trinajstić information content (AvgIpc) is 2.50. The van der Waals surface area contributed by atoms with Gasteiger partial charge in [-0.25, -0.2) is 9.18 Å². The lowest BCUT2D eigenvalue weighted by Crippen LogP contribution is -2.42. The SMILES string of the molecule is CN(CC1CCCCC1O)C(=O)NCc1ccc(F)c(Cl)c1. The van der Waals surface area contributed by atoms with Crippen LogP contribution >= 0.6 is 11.6 Å². The van der Waals surface area contributed by atoms with Crippen molar-refractivity contribution in [1.82, 2.24) is 10.2 Å². The fraction of sp³-hybridized carbons (Fsp3) is 0.562. The van der Waals surface area contributed by atoms with Crippen LogP contribution in [0, 0.1) is 11.7 Å². The van der Waals surface area contributed by atoms with Gasteiger partial charge in [-0.15, -0.1) is 0 Å². The number of urea groups is 1. The topological polar surface area (TPSA) is 52.6 Å². The first kappa shape index (κ1) is 17.0. The first-order valence-electron chi connectivity index (χ1n) is 7.58. The van der Waals surface area contributed by atoms with Crippen LogP contribution in [0.15, 0.2) is 18.2 Å². The molecule has 4 nitrogen and oxygen atoms in total. The van der Waals surface area contributed by atoms with Crippen LogP contribution in [0.1, 0.15) is 31.2 Å². The van der Waals surface area contributed by atoms with E-state index in [1.165, 1.54) is 12.1 Å². The molecule has 0 heterocycles. The Balaban J connectivity index is 1.81. The van der Waals surface area contributed by atoms with E-state index in [1.54, 1.807) is 18.0 Å². The number of rotatable bonds is 4. The van der Waals surface area contributed by atoms with Gasteiger partial charge in [-0.2, -0.15) is 0 Å². The van der Waals surface area contributed by atoms with E-state index in [2.05, 4.69) is 5.32 Å². The molecular weight excluding hydrogens is 307 g/mol. The minimum Gasteiger partial charge on any atom is -0.393 e. The molecule has 0 spiro atoms. The molecule has 2 rings (SSSR count). The summed E-state index contributed by atoms with van der Waals surface area (Å²) in [6.45, 7) is 0.827. The number of benzene rings is 1. The normalized spacial score (nSPS) is 21.5. The van der Waals surface area contributed by atoms with Crippen molar-refractivity contribution in [2.45, 2.75) is 38.3 Å². The highest BCUT2D eigenvalue weighted by atomic mass is 35.5. The van der Waals surface area contributed by atoms with Crippen molar-refractivity contribution >= 4 is 17.6 Å². The Hall–Kier alpha value is -1.33. The summed E-state index contributed by atoms with van der Waals surface area (Å²) in [4.78, 5) is 13.7. The standard InChI is InChI=1S/C16H22ClFN2O2/c1-20(10-12-4-2-3-5-15(12)21)16(22)19-9-11-6-7-14(18)13(17)8-11/h6-8,12,15,21H,2-5,9-10H2,1H3,(H,19,22). The molecule has 1 fully saturated rings. The van der Waals surface area contributed by atoms with Crippen LogP contribution in [0.25, 0.3) is 0 Å². The zero-order valence-electron chi connectivity index (χ0n) is 12.7. The Labute approximate surface area is 135 Å². The Bertz CT molecular complexity index is 527. The molecule has 2 N–H and O–H groups in total. The molecular formula is C16H22ClFN2O2. The predicted octanol–water partition coefficient (Wildman–Crippen LogP) is 3.17.